The number of fused-ring (bicyclic) bond motifs is 2. The van der Waals surface area contributed by atoms with Gasteiger partial charge in [0.15, 0.2) is 0 Å². The van der Waals surface area contributed by atoms with Crippen LogP contribution in [-0.2, 0) is 0 Å². The van der Waals surface area contributed by atoms with Gasteiger partial charge >= 0.3 is 0 Å². The Kier molecular flexibility index (Phi) is 2.76. The first-order chi connectivity index (χ1) is 7.41. The molecule has 3 fully saturated rings. The van der Waals surface area contributed by atoms with E-state index in [2.05, 4.69) is 5.32 Å². The SMILES string of the molecule is C1CCC2C(C1)CCCC21CCNCC1. The van der Waals surface area contributed by atoms with Crippen LogP contribution in [0.1, 0.15) is 57.8 Å². The molecule has 1 spiro atoms. The minimum Gasteiger partial charge on any atom is -0.317 e. The lowest BCUT2D eigenvalue weighted by atomic mass is 9.54. The Balaban J connectivity index is 1.79. The van der Waals surface area contributed by atoms with Crippen molar-refractivity contribution in [2.75, 3.05) is 13.1 Å². The molecule has 1 aliphatic heterocycles. The van der Waals surface area contributed by atoms with Gasteiger partial charge in [-0.2, -0.15) is 0 Å². The van der Waals surface area contributed by atoms with Crippen LogP contribution in [0.15, 0.2) is 0 Å². The van der Waals surface area contributed by atoms with Crippen molar-refractivity contribution in [1.82, 2.24) is 5.32 Å². The zero-order valence-corrected chi connectivity index (χ0v) is 9.93. The van der Waals surface area contributed by atoms with Gasteiger partial charge in [0.05, 0.1) is 0 Å². The van der Waals surface area contributed by atoms with Crippen LogP contribution in [0.2, 0.25) is 0 Å². The van der Waals surface area contributed by atoms with Gasteiger partial charge in [0.25, 0.3) is 0 Å². The minimum atomic E-state index is 0.786. The zero-order chi connectivity index (χ0) is 10.1. The molecule has 0 amide bonds. The normalized spacial score (nSPS) is 40.0. The van der Waals surface area contributed by atoms with Crippen molar-refractivity contribution in [2.45, 2.75) is 57.8 Å². The fourth-order valence-electron chi connectivity index (χ4n) is 4.81. The van der Waals surface area contributed by atoms with Crippen LogP contribution in [0.5, 0.6) is 0 Å². The predicted octanol–water partition coefficient (Wildman–Crippen LogP) is 3.35. The molecule has 0 aromatic rings. The van der Waals surface area contributed by atoms with Gasteiger partial charge in [-0.25, -0.2) is 0 Å². The van der Waals surface area contributed by atoms with Gasteiger partial charge in [-0.1, -0.05) is 32.1 Å². The third kappa shape index (κ3) is 1.73. The maximum atomic E-state index is 3.55. The Bertz CT molecular complexity index is 210. The highest BCUT2D eigenvalue weighted by molar-refractivity contribution is 4.97. The third-order valence-corrected chi connectivity index (χ3v) is 5.54. The van der Waals surface area contributed by atoms with E-state index in [-0.39, 0.29) is 0 Å². The maximum Gasteiger partial charge on any atom is -0.00435 e. The monoisotopic (exact) mass is 207 g/mol. The first-order valence-corrected chi connectivity index (χ1v) is 7.11. The average molecular weight is 207 g/mol. The van der Waals surface area contributed by atoms with Crippen LogP contribution in [0.3, 0.4) is 0 Å². The van der Waals surface area contributed by atoms with E-state index in [1.54, 1.807) is 25.7 Å². The molecule has 0 aromatic heterocycles. The molecule has 1 N–H and O–H groups in total. The summed E-state index contributed by atoms with van der Waals surface area (Å²) in [5.74, 6) is 2.23. The van der Waals surface area contributed by atoms with E-state index in [4.69, 9.17) is 0 Å². The minimum absolute atomic E-state index is 0.786. The summed E-state index contributed by atoms with van der Waals surface area (Å²) >= 11 is 0. The van der Waals surface area contributed by atoms with E-state index < -0.39 is 0 Å². The van der Waals surface area contributed by atoms with Gasteiger partial charge in [0, 0.05) is 0 Å². The predicted molar refractivity (Wildman–Crippen MR) is 63.8 cm³/mol. The third-order valence-electron chi connectivity index (χ3n) is 5.54. The van der Waals surface area contributed by atoms with Crippen molar-refractivity contribution in [3.63, 3.8) is 0 Å². The summed E-state index contributed by atoms with van der Waals surface area (Å²) < 4.78 is 0. The standard InChI is InChI=1S/C14H25N/c1-2-6-13-12(4-1)5-3-7-14(13)8-10-15-11-9-14/h12-13,15H,1-11H2. The Morgan fingerprint density at radius 3 is 2.40 bits per heavy atom. The Morgan fingerprint density at radius 1 is 0.800 bits per heavy atom. The van der Waals surface area contributed by atoms with E-state index in [1.165, 1.54) is 45.2 Å². The quantitative estimate of drug-likeness (QED) is 0.642. The molecule has 1 saturated heterocycles. The van der Waals surface area contributed by atoms with Gasteiger partial charge in [-0.05, 0) is 56.0 Å². The summed E-state index contributed by atoms with van der Waals surface area (Å²) in [6.45, 7) is 2.59. The molecule has 1 heteroatoms. The van der Waals surface area contributed by atoms with Crippen molar-refractivity contribution in [1.29, 1.82) is 0 Å². The molecule has 0 bridgehead atoms. The van der Waals surface area contributed by atoms with Gasteiger partial charge in [-0.3, -0.25) is 0 Å². The van der Waals surface area contributed by atoms with E-state index in [0.29, 0.717) is 0 Å². The number of nitrogens with one attached hydrogen (secondary N) is 1. The molecular formula is C14H25N. The second kappa shape index (κ2) is 4.08. The lowest BCUT2D eigenvalue weighted by Gasteiger charge is -2.52. The summed E-state index contributed by atoms with van der Waals surface area (Å²) in [6.07, 6.45) is 13.8. The summed E-state index contributed by atoms with van der Waals surface area (Å²) in [5.41, 5.74) is 0.786. The van der Waals surface area contributed by atoms with Gasteiger partial charge < -0.3 is 5.32 Å². The van der Waals surface area contributed by atoms with Crippen LogP contribution >= 0.6 is 0 Å². The lowest BCUT2D eigenvalue weighted by Crippen LogP contribution is -2.47. The maximum absolute atomic E-state index is 3.55. The fraction of sp³-hybridized carbons (Fsp3) is 1.00. The van der Waals surface area contributed by atoms with Crippen LogP contribution in [-0.4, -0.2) is 13.1 Å². The molecule has 3 rings (SSSR count). The second-order valence-corrected chi connectivity index (χ2v) is 6.16. The fourth-order valence-corrected chi connectivity index (χ4v) is 4.81. The molecule has 2 atom stereocenters. The van der Waals surface area contributed by atoms with E-state index in [9.17, 15) is 0 Å². The summed E-state index contributed by atoms with van der Waals surface area (Å²) in [6, 6.07) is 0. The topological polar surface area (TPSA) is 12.0 Å². The van der Waals surface area contributed by atoms with Gasteiger partial charge in [0.1, 0.15) is 0 Å². The van der Waals surface area contributed by atoms with E-state index in [1.807, 2.05) is 0 Å². The molecule has 86 valence electrons. The number of piperidine rings is 1. The number of hydrogen-bond donors (Lipinski definition) is 1. The largest absolute Gasteiger partial charge is 0.317 e. The van der Waals surface area contributed by atoms with Crippen LogP contribution in [0.4, 0.5) is 0 Å². The lowest BCUT2D eigenvalue weighted by molar-refractivity contribution is -0.0121. The summed E-state index contributed by atoms with van der Waals surface area (Å²) in [5, 5.41) is 3.55. The smallest absolute Gasteiger partial charge is 0.00435 e. The first kappa shape index (κ1) is 10.1. The zero-order valence-electron chi connectivity index (χ0n) is 9.93. The van der Waals surface area contributed by atoms with Crippen LogP contribution in [0, 0.1) is 17.3 Å². The number of hydrogen-bond acceptors (Lipinski definition) is 1. The molecule has 3 aliphatic rings. The highest BCUT2D eigenvalue weighted by Crippen LogP contribution is 2.54. The molecule has 1 heterocycles. The highest BCUT2D eigenvalue weighted by atomic mass is 14.9. The highest BCUT2D eigenvalue weighted by Gasteiger charge is 2.45. The van der Waals surface area contributed by atoms with Crippen molar-refractivity contribution in [3.05, 3.63) is 0 Å². The number of rotatable bonds is 0. The molecule has 2 unspecified atom stereocenters. The summed E-state index contributed by atoms with van der Waals surface area (Å²) in [4.78, 5) is 0. The van der Waals surface area contributed by atoms with E-state index in [0.717, 1.165) is 17.3 Å². The van der Waals surface area contributed by atoms with Crippen molar-refractivity contribution >= 4 is 0 Å². The van der Waals surface area contributed by atoms with Gasteiger partial charge in [0.2, 0.25) is 0 Å². The Labute approximate surface area is 94.0 Å². The van der Waals surface area contributed by atoms with Crippen LogP contribution in [0.25, 0.3) is 0 Å². The van der Waals surface area contributed by atoms with Crippen molar-refractivity contribution in [3.8, 4) is 0 Å². The summed E-state index contributed by atoms with van der Waals surface area (Å²) in [7, 11) is 0. The van der Waals surface area contributed by atoms with Crippen LogP contribution < -0.4 is 5.32 Å². The molecule has 15 heavy (non-hydrogen) atoms. The van der Waals surface area contributed by atoms with Gasteiger partial charge in [-0.15, -0.1) is 0 Å². The first-order valence-electron chi connectivity index (χ1n) is 7.11. The second-order valence-electron chi connectivity index (χ2n) is 6.16. The molecule has 0 radical (unpaired) electrons. The molecular weight excluding hydrogens is 182 g/mol. The van der Waals surface area contributed by atoms with Crippen molar-refractivity contribution in [2.24, 2.45) is 17.3 Å². The average Bonchev–Trinajstić information content (AvgIpc) is 2.31. The molecule has 0 aromatic carbocycles. The molecule has 1 nitrogen and oxygen atoms in total. The Morgan fingerprint density at radius 2 is 1.53 bits per heavy atom. The molecule has 2 saturated carbocycles. The van der Waals surface area contributed by atoms with Crippen molar-refractivity contribution < 1.29 is 0 Å². The molecule has 2 aliphatic carbocycles. The Hall–Kier alpha value is -0.0400. The van der Waals surface area contributed by atoms with E-state index >= 15 is 0 Å².